The summed E-state index contributed by atoms with van der Waals surface area (Å²) < 4.78 is 11.3. The van der Waals surface area contributed by atoms with Gasteiger partial charge in [-0.15, -0.1) is 0 Å². The van der Waals surface area contributed by atoms with E-state index in [0.717, 1.165) is 28.0 Å². The molecule has 0 bridgehead atoms. The molecule has 0 spiro atoms. The number of rotatable bonds is 4. The molecule has 1 aromatic heterocycles. The minimum Gasteiger partial charge on any atom is -0.491 e. The van der Waals surface area contributed by atoms with Crippen LogP contribution in [0.15, 0.2) is 54.7 Å². The van der Waals surface area contributed by atoms with Gasteiger partial charge in [0.25, 0.3) is 0 Å². The molecule has 0 amide bonds. The van der Waals surface area contributed by atoms with Crippen LogP contribution in [-0.2, 0) is 6.61 Å². The van der Waals surface area contributed by atoms with E-state index in [-0.39, 0.29) is 0 Å². The zero-order valence-corrected chi connectivity index (χ0v) is 10.7. The molecule has 3 nitrogen and oxygen atoms in total. The van der Waals surface area contributed by atoms with Gasteiger partial charge in [0.2, 0.25) is 0 Å². The van der Waals surface area contributed by atoms with Gasteiger partial charge >= 0.3 is 0 Å². The van der Waals surface area contributed by atoms with E-state index in [1.807, 2.05) is 54.7 Å². The van der Waals surface area contributed by atoms with Crippen LogP contribution in [-0.4, -0.2) is 12.1 Å². The van der Waals surface area contributed by atoms with E-state index in [2.05, 4.69) is 4.98 Å². The maximum atomic E-state index is 5.85. The lowest BCUT2D eigenvalue weighted by Gasteiger charge is -2.11. The zero-order chi connectivity index (χ0) is 13.1. The maximum Gasteiger partial charge on any atom is 0.184 e. The second-order valence-corrected chi connectivity index (χ2v) is 4.31. The van der Waals surface area contributed by atoms with E-state index >= 15 is 0 Å². The lowest BCUT2D eigenvalue weighted by Crippen LogP contribution is -1.97. The first-order chi connectivity index (χ1) is 9.38. The molecule has 0 saturated heterocycles. The first-order valence-corrected chi connectivity index (χ1v) is 6.19. The first kappa shape index (κ1) is 11.7. The van der Waals surface area contributed by atoms with E-state index in [1.54, 1.807) is 7.11 Å². The van der Waals surface area contributed by atoms with Crippen molar-refractivity contribution in [2.24, 2.45) is 0 Å². The van der Waals surface area contributed by atoms with Crippen molar-refractivity contribution in [1.82, 2.24) is 4.98 Å². The number of hydrogen-bond donors (Lipinski definition) is 1. The SMILES string of the molecule is COc1c(OCc2ccccc2)ccc2cc[nH]c12. The highest BCUT2D eigenvalue weighted by Crippen LogP contribution is 2.34. The van der Waals surface area contributed by atoms with Crippen LogP contribution in [0.1, 0.15) is 5.56 Å². The monoisotopic (exact) mass is 253 g/mol. The lowest BCUT2D eigenvalue weighted by atomic mass is 10.2. The van der Waals surface area contributed by atoms with Crippen LogP contribution in [0, 0.1) is 0 Å². The summed E-state index contributed by atoms with van der Waals surface area (Å²) in [5, 5.41) is 1.11. The molecule has 0 unspecified atom stereocenters. The van der Waals surface area contributed by atoms with Crippen molar-refractivity contribution in [2.45, 2.75) is 6.61 Å². The molecule has 96 valence electrons. The van der Waals surface area contributed by atoms with Gasteiger partial charge in [0.15, 0.2) is 11.5 Å². The van der Waals surface area contributed by atoms with Gasteiger partial charge in [-0.05, 0) is 23.8 Å². The molecule has 19 heavy (non-hydrogen) atoms. The summed E-state index contributed by atoms with van der Waals surface area (Å²) in [7, 11) is 1.66. The maximum absolute atomic E-state index is 5.85. The van der Waals surface area contributed by atoms with Crippen molar-refractivity contribution in [3.05, 3.63) is 60.3 Å². The minimum atomic E-state index is 0.531. The Morgan fingerprint density at radius 3 is 2.63 bits per heavy atom. The quantitative estimate of drug-likeness (QED) is 0.768. The molecular weight excluding hydrogens is 238 g/mol. The smallest absolute Gasteiger partial charge is 0.184 e. The highest BCUT2D eigenvalue weighted by Gasteiger charge is 2.10. The predicted molar refractivity (Wildman–Crippen MR) is 75.6 cm³/mol. The topological polar surface area (TPSA) is 34.2 Å². The normalized spacial score (nSPS) is 10.6. The summed E-state index contributed by atoms with van der Waals surface area (Å²) in [6.07, 6.45) is 1.90. The second-order valence-electron chi connectivity index (χ2n) is 4.31. The molecule has 2 aromatic carbocycles. The molecule has 0 atom stereocenters. The molecule has 0 radical (unpaired) electrons. The van der Waals surface area contributed by atoms with Crippen LogP contribution in [0.4, 0.5) is 0 Å². The third-order valence-corrected chi connectivity index (χ3v) is 3.09. The summed E-state index contributed by atoms with van der Waals surface area (Å²) in [6.45, 7) is 0.531. The van der Waals surface area contributed by atoms with Crippen molar-refractivity contribution in [3.8, 4) is 11.5 Å². The number of hydrogen-bond acceptors (Lipinski definition) is 2. The molecule has 3 rings (SSSR count). The van der Waals surface area contributed by atoms with Crippen molar-refractivity contribution in [2.75, 3.05) is 7.11 Å². The van der Waals surface area contributed by atoms with Crippen LogP contribution in [0.25, 0.3) is 10.9 Å². The molecule has 0 aliphatic carbocycles. The average molecular weight is 253 g/mol. The highest BCUT2D eigenvalue weighted by molar-refractivity contribution is 5.87. The van der Waals surface area contributed by atoms with Crippen LogP contribution in [0.5, 0.6) is 11.5 Å². The largest absolute Gasteiger partial charge is 0.491 e. The Morgan fingerprint density at radius 1 is 1.00 bits per heavy atom. The van der Waals surface area contributed by atoms with Crippen LogP contribution in [0.2, 0.25) is 0 Å². The number of ether oxygens (including phenoxy) is 2. The Balaban J connectivity index is 1.88. The molecule has 3 aromatic rings. The Hall–Kier alpha value is -2.42. The third kappa shape index (κ3) is 2.27. The number of nitrogens with one attached hydrogen (secondary N) is 1. The van der Waals surface area contributed by atoms with Crippen molar-refractivity contribution < 1.29 is 9.47 Å². The number of aromatic nitrogens is 1. The summed E-state index contributed by atoms with van der Waals surface area (Å²) in [5.41, 5.74) is 2.10. The Kier molecular flexibility index (Phi) is 3.11. The van der Waals surface area contributed by atoms with Gasteiger partial charge in [0, 0.05) is 11.6 Å². The Morgan fingerprint density at radius 2 is 1.84 bits per heavy atom. The van der Waals surface area contributed by atoms with Crippen molar-refractivity contribution >= 4 is 10.9 Å². The van der Waals surface area contributed by atoms with Crippen LogP contribution in [0.3, 0.4) is 0 Å². The van der Waals surface area contributed by atoms with Crippen molar-refractivity contribution in [1.29, 1.82) is 0 Å². The first-order valence-electron chi connectivity index (χ1n) is 6.19. The second kappa shape index (κ2) is 5.06. The fraction of sp³-hybridized carbons (Fsp3) is 0.125. The molecule has 0 fully saturated rings. The van der Waals surface area contributed by atoms with Gasteiger partial charge in [0.05, 0.1) is 12.6 Å². The summed E-state index contributed by atoms with van der Waals surface area (Å²) in [4.78, 5) is 3.17. The number of H-pyrrole nitrogens is 1. The molecule has 1 N–H and O–H groups in total. The van der Waals surface area contributed by atoms with Gasteiger partial charge in [-0.25, -0.2) is 0 Å². The Labute approximate surface area is 111 Å². The molecule has 0 aliphatic heterocycles. The van der Waals surface area contributed by atoms with Gasteiger partial charge < -0.3 is 14.5 Å². The zero-order valence-electron chi connectivity index (χ0n) is 10.7. The molecule has 0 aliphatic rings. The molecule has 1 heterocycles. The van der Waals surface area contributed by atoms with E-state index in [4.69, 9.17) is 9.47 Å². The van der Waals surface area contributed by atoms with E-state index in [1.165, 1.54) is 0 Å². The highest BCUT2D eigenvalue weighted by atomic mass is 16.5. The fourth-order valence-corrected chi connectivity index (χ4v) is 2.13. The molecule has 0 saturated carbocycles. The number of benzene rings is 2. The molecular formula is C16H15NO2. The van der Waals surface area contributed by atoms with E-state index in [0.29, 0.717) is 6.61 Å². The minimum absolute atomic E-state index is 0.531. The van der Waals surface area contributed by atoms with Gasteiger partial charge in [0.1, 0.15) is 6.61 Å². The standard InChI is InChI=1S/C16H15NO2/c1-18-16-14(8-7-13-9-10-17-15(13)16)19-11-12-5-3-2-4-6-12/h2-10,17H,11H2,1H3. The lowest BCUT2D eigenvalue weighted by molar-refractivity contribution is 0.286. The van der Waals surface area contributed by atoms with Gasteiger partial charge in [-0.1, -0.05) is 30.3 Å². The van der Waals surface area contributed by atoms with E-state index < -0.39 is 0 Å². The molecule has 3 heteroatoms. The van der Waals surface area contributed by atoms with Crippen LogP contribution < -0.4 is 9.47 Å². The van der Waals surface area contributed by atoms with Gasteiger partial charge in [-0.2, -0.15) is 0 Å². The van der Waals surface area contributed by atoms with Gasteiger partial charge in [-0.3, -0.25) is 0 Å². The third-order valence-electron chi connectivity index (χ3n) is 3.09. The average Bonchev–Trinajstić information content (AvgIpc) is 2.94. The number of methoxy groups -OCH3 is 1. The van der Waals surface area contributed by atoms with E-state index in [9.17, 15) is 0 Å². The van der Waals surface area contributed by atoms with Crippen molar-refractivity contribution in [3.63, 3.8) is 0 Å². The predicted octanol–water partition coefficient (Wildman–Crippen LogP) is 3.76. The Bertz CT molecular complexity index is 674. The fourth-order valence-electron chi connectivity index (χ4n) is 2.13. The summed E-state index contributed by atoms with van der Waals surface area (Å²) in [5.74, 6) is 1.50. The summed E-state index contributed by atoms with van der Waals surface area (Å²) >= 11 is 0. The number of fused-ring (bicyclic) bond motifs is 1. The number of aromatic amines is 1. The summed E-state index contributed by atoms with van der Waals surface area (Å²) in [6, 6.07) is 16.1. The van der Waals surface area contributed by atoms with Crippen LogP contribution >= 0.6 is 0 Å².